The molecule has 0 aliphatic carbocycles. The predicted octanol–water partition coefficient (Wildman–Crippen LogP) is 1.71. The number of carbonyl (C=O) groups excluding carboxylic acids is 1. The van der Waals surface area contributed by atoms with Gasteiger partial charge < -0.3 is 15.2 Å². The molecule has 0 radical (unpaired) electrons. The molecule has 0 fully saturated rings. The van der Waals surface area contributed by atoms with Crippen molar-refractivity contribution in [3.63, 3.8) is 0 Å². The van der Waals surface area contributed by atoms with Gasteiger partial charge in [-0.25, -0.2) is 19.3 Å². The monoisotopic (exact) mass is 526 g/mol. The Morgan fingerprint density at radius 1 is 1.08 bits per heavy atom. The predicted molar refractivity (Wildman–Crippen MR) is 143 cm³/mol. The first-order valence-electron chi connectivity index (χ1n) is 12.8. The molecular weight excluding hydrogens is 500 g/mol. The van der Waals surface area contributed by atoms with Crippen LogP contribution in [0.4, 0.5) is 17.5 Å². The van der Waals surface area contributed by atoms with Crippen molar-refractivity contribution in [2.75, 3.05) is 30.4 Å². The summed E-state index contributed by atoms with van der Waals surface area (Å²) in [4.78, 5) is 43.7. The minimum atomic E-state index is -0.789. The SMILES string of the molecule is CN1Cc2ccc(Nc3ncc4c(=O)n5n(c4n3)-c3ccc4c(n3)N(CC(O)CC=CC5)C(=O)CO4)cc2C1. The van der Waals surface area contributed by atoms with Crippen molar-refractivity contribution >= 4 is 34.4 Å². The van der Waals surface area contributed by atoms with E-state index in [2.05, 4.69) is 34.4 Å². The zero-order valence-electron chi connectivity index (χ0n) is 21.2. The van der Waals surface area contributed by atoms with Gasteiger partial charge >= 0.3 is 0 Å². The summed E-state index contributed by atoms with van der Waals surface area (Å²) < 4.78 is 8.75. The molecule has 12 nitrogen and oxygen atoms in total. The summed E-state index contributed by atoms with van der Waals surface area (Å²) >= 11 is 0. The third-order valence-corrected chi connectivity index (χ3v) is 7.21. The topological polar surface area (TPSA) is 131 Å². The number of amides is 1. The number of aromatic nitrogens is 5. The normalized spacial score (nSPS) is 18.8. The van der Waals surface area contributed by atoms with Crippen molar-refractivity contribution in [1.82, 2.24) is 29.2 Å². The molecule has 0 saturated carbocycles. The lowest BCUT2D eigenvalue weighted by atomic mass is 10.1. The highest BCUT2D eigenvalue weighted by Gasteiger charge is 2.30. The number of benzene rings is 1. The summed E-state index contributed by atoms with van der Waals surface area (Å²) in [6.07, 6.45) is 4.66. The summed E-state index contributed by atoms with van der Waals surface area (Å²) in [6.45, 7) is 2.00. The van der Waals surface area contributed by atoms with E-state index in [-0.39, 0.29) is 31.2 Å². The third kappa shape index (κ3) is 4.04. The Morgan fingerprint density at radius 2 is 1.95 bits per heavy atom. The van der Waals surface area contributed by atoms with Crippen LogP contribution in [0.25, 0.3) is 16.9 Å². The Kier molecular flexibility index (Phi) is 5.46. The second-order valence-corrected chi connectivity index (χ2v) is 10.1. The molecule has 3 aromatic heterocycles. The van der Waals surface area contributed by atoms with Crippen LogP contribution in [0.1, 0.15) is 17.5 Å². The second-order valence-electron chi connectivity index (χ2n) is 10.1. The fourth-order valence-electron chi connectivity index (χ4n) is 5.34. The van der Waals surface area contributed by atoms with Gasteiger partial charge in [0.25, 0.3) is 11.5 Å². The van der Waals surface area contributed by atoms with Gasteiger partial charge in [-0.2, -0.15) is 4.98 Å². The molecule has 6 heterocycles. The number of hydrogen-bond acceptors (Lipinski definition) is 9. The zero-order valence-corrected chi connectivity index (χ0v) is 21.2. The number of ether oxygens (including phenoxy) is 1. The van der Waals surface area contributed by atoms with Crippen LogP contribution in [0.3, 0.4) is 0 Å². The fraction of sp³-hybridized carbons (Fsp3) is 0.296. The van der Waals surface area contributed by atoms with E-state index >= 15 is 0 Å². The lowest BCUT2D eigenvalue weighted by Gasteiger charge is -2.30. The molecule has 0 spiro atoms. The number of hydrogen-bond donors (Lipinski definition) is 2. The minimum Gasteiger partial charge on any atom is -0.480 e. The molecule has 1 unspecified atom stereocenters. The van der Waals surface area contributed by atoms with Crippen LogP contribution in [0.15, 0.2) is 53.5 Å². The van der Waals surface area contributed by atoms with Gasteiger partial charge in [-0.1, -0.05) is 18.2 Å². The van der Waals surface area contributed by atoms with E-state index in [1.807, 2.05) is 12.1 Å². The molecular formula is C27H26N8O4. The zero-order chi connectivity index (χ0) is 26.7. The molecule has 1 atom stereocenters. The summed E-state index contributed by atoms with van der Waals surface area (Å²) in [6, 6.07) is 9.64. The lowest BCUT2D eigenvalue weighted by Crippen LogP contribution is -2.44. The molecule has 0 saturated heterocycles. The van der Waals surface area contributed by atoms with Gasteiger partial charge in [-0.05, 0) is 48.9 Å². The van der Waals surface area contributed by atoms with Gasteiger partial charge in [-0.3, -0.25) is 19.4 Å². The highest BCUT2D eigenvalue weighted by Crippen LogP contribution is 2.32. The van der Waals surface area contributed by atoms with Crippen LogP contribution in [-0.4, -0.2) is 66.5 Å². The molecule has 3 aliphatic rings. The molecule has 3 aliphatic heterocycles. The lowest BCUT2D eigenvalue weighted by molar-refractivity contribution is -0.121. The van der Waals surface area contributed by atoms with E-state index < -0.39 is 6.10 Å². The van der Waals surface area contributed by atoms with Gasteiger partial charge in [0.1, 0.15) is 5.39 Å². The number of pyridine rings is 1. The molecule has 2 N–H and O–H groups in total. The average molecular weight is 527 g/mol. The van der Waals surface area contributed by atoms with Gasteiger partial charge in [0.05, 0.1) is 19.2 Å². The van der Waals surface area contributed by atoms with E-state index in [4.69, 9.17) is 14.7 Å². The first-order chi connectivity index (χ1) is 18.9. The van der Waals surface area contributed by atoms with Gasteiger partial charge in [0, 0.05) is 25.0 Å². The first-order valence-corrected chi connectivity index (χ1v) is 12.8. The number of nitrogens with one attached hydrogen (secondary N) is 1. The number of carbonyl (C=O) groups is 1. The molecule has 7 rings (SSSR count). The Hall–Kier alpha value is -4.55. The van der Waals surface area contributed by atoms with Crippen LogP contribution in [0.2, 0.25) is 0 Å². The molecule has 39 heavy (non-hydrogen) atoms. The maximum atomic E-state index is 13.5. The highest BCUT2D eigenvalue weighted by atomic mass is 16.5. The smallest absolute Gasteiger partial charge is 0.278 e. The number of nitrogens with zero attached hydrogens (tertiary/aromatic N) is 7. The molecule has 1 aromatic carbocycles. The number of aliphatic hydroxyl groups excluding tert-OH is 1. The van der Waals surface area contributed by atoms with Crippen molar-refractivity contribution in [2.24, 2.45) is 0 Å². The Balaban J connectivity index is 1.36. The molecule has 198 valence electrons. The summed E-state index contributed by atoms with van der Waals surface area (Å²) in [5.41, 5.74) is 3.52. The van der Waals surface area contributed by atoms with E-state index in [1.54, 1.807) is 22.9 Å². The van der Waals surface area contributed by atoms with Gasteiger partial charge in [0.15, 0.2) is 29.6 Å². The van der Waals surface area contributed by atoms with E-state index in [0.717, 1.165) is 18.8 Å². The van der Waals surface area contributed by atoms with E-state index in [1.165, 1.54) is 26.9 Å². The number of fused-ring (bicyclic) bond motifs is 6. The highest BCUT2D eigenvalue weighted by molar-refractivity contribution is 5.97. The Labute approximate surface area is 222 Å². The van der Waals surface area contributed by atoms with Crippen molar-refractivity contribution in [2.45, 2.75) is 32.2 Å². The maximum Gasteiger partial charge on any atom is 0.278 e. The van der Waals surface area contributed by atoms with Gasteiger partial charge in [0.2, 0.25) is 5.95 Å². The standard InChI is InChI=1S/C27H26N8O4/c1-32-12-16-5-6-18(10-17(16)13-32)29-27-28-11-20-24(31-27)35-22-8-7-21-25(30-22)33(23(37)15-39-21)14-19(36)4-2-3-9-34(35)26(20)38/h2-3,5-8,10-11,19,36H,4,9,12-15H2,1H3,(H,28,29,31). The van der Waals surface area contributed by atoms with Crippen LogP contribution >= 0.6 is 0 Å². The van der Waals surface area contributed by atoms with Crippen LogP contribution in [0.5, 0.6) is 5.75 Å². The quantitative estimate of drug-likeness (QED) is 0.375. The Morgan fingerprint density at radius 3 is 2.85 bits per heavy atom. The van der Waals surface area contributed by atoms with Crippen molar-refractivity contribution < 1.29 is 14.6 Å². The minimum absolute atomic E-state index is 0.0853. The third-order valence-electron chi connectivity index (χ3n) is 7.21. The number of allylic oxidation sites excluding steroid dienone is 1. The van der Waals surface area contributed by atoms with Crippen LogP contribution < -0.4 is 20.5 Å². The second kappa shape index (κ2) is 9.03. The summed E-state index contributed by atoms with van der Waals surface area (Å²) in [5, 5.41) is 14.1. The Bertz CT molecular complexity index is 1730. The fourth-order valence-corrected chi connectivity index (χ4v) is 5.34. The average Bonchev–Trinajstić information content (AvgIpc) is 3.42. The van der Waals surface area contributed by atoms with Crippen LogP contribution in [0, 0.1) is 0 Å². The summed E-state index contributed by atoms with van der Waals surface area (Å²) in [5.74, 6) is 1.17. The summed E-state index contributed by atoms with van der Waals surface area (Å²) in [7, 11) is 2.09. The van der Waals surface area contributed by atoms with Crippen molar-refractivity contribution in [1.29, 1.82) is 0 Å². The first kappa shape index (κ1) is 23.6. The van der Waals surface area contributed by atoms with Crippen molar-refractivity contribution in [3.05, 3.63) is 70.2 Å². The van der Waals surface area contributed by atoms with Crippen LogP contribution in [-0.2, 0) is 24.4 Å². The number of aliphatic hydroxyl groups is 1. The molecule has 12 heteroatoms. The van der Waals surface area contributed by atoms with Gasteiger partial charge in [-0.15, -0.1) is 0 Å². The maximum absolute atomic E-state index is 13.5. The number of rotatable bonds is 2. The van der Waals surface area contributed by atoms with Crippen molar-refractivity contribution in [3.8, 4) is 11.6 Å². The molecule has 2 bridgehead atoms. The van der Waals surface area contributed by atoms with E-state index in [0.29, 0.717) is 40.8 Å². The molecule has 4 aromatic rings. The largest absolute Gasteiger partial charge is 0.480 e. The number of anilines is 3. The molecule has 1 amide bonds. The van der Waals surface area contributed by atoms with E-state index in [9.17, 15) is 14.7 Å².